The van der Waals surface area contributed by atoms with Crippen LogP contribution >= 0.6 is 27.3 Å². The summed E-state index contributed by atoms with van der Waals surface area (Å²) in [6.07, 6.45) is 0. The molecule has 20 heavy (non-hydrogen) atoms. The Morgan fingerprint density at radius 1 is 1.25 bits per heavy atom. The lowest BCUT2D eigenvalue weighted by molar-refractivity contribution is 0.198. The lowest BCUT2D eigenvalue weighted by Gasteiger charge is -2.35. The molecule has 0 spiro atoms. The molecule has 3 nitrogen and oxygen atoms in total. The van der Waals surface area contributed by atoms with Crippen molar-refractivity contribution in [2.24, 2.45) is 0 Å². The topological polar surface area (TPSA) is 35.5 Å². The standard InChI is InChI=1S/C15H17BrN2OS/c16-11-3-4-12(13(19)10-11)15(14-2-1-9-20-14)18-7-5-17-6-8-18/h1-4,9-10,15,17,19H,5-8H2/t15-/m0/s1. The number of hydrogen-bond donors (Lipinski definition) is 2. The first-order valence-electron chi connectivity index (χ1n) is 6.72. The third kappa shape index (κ3) is 2.91. The van der Waals surface area contributed by atoms with E-state index in [4.69, 9.17) is 0 Å². The first kappa shape index (κ1) is 14.1. The van der Waals surface area contributed by atoms with Gasteiger partial charge in [-0.15, -0.1) is 11.3 Å². The number of aromatic hydroxyl groups is 1. The smallest absolute Gasteiger partial charge is 0.121 e. The molecule has 2 aromatic rings. The summed E-state index contributed by atoms with van der Waals surface area (Å²) in [5.41, 5.74) is 0.984. The molecule has 1 aliphatic rings. The Hall–Kier alpha value is -0.880. The van der Waals surface area contributed by atoms with Crippen LogP contribution in [0.4, 0.5) is 0 Å². The predicted octanol–water partition coefficient (Wildman–Crippen LogP) is 3.21. The van der Waals surface area contributed by atoms with Gasteiger partial charge in [0.15, 0.2) is 0 Å². The fourth-order valence-electron chi connectivity index (χ4n) is 2.67. The van der Waals surface area contributed by atoms with Gasteiger partial charge in [0.25, 0.3) is 0 Å². The quantitative estimate of drug-likeness (QED) is 0.890. The monoisotopic (exact) mass is 352 g/mol. The maximum Gasteiger partial charge on any atom is 0.121 e. The molecule has 1 aromatic carbocycles. The number of thiophene rings is 1. The summed E-state index contributed by atoms with van der Waals surface area (Å²) in [6.45, 7) is 3.99. The van der Waals surface area contributed by atoms with Gasteiger partial charge in [-0.25, -0.2) is 0 Å². The van der Waals surface area contributed by atoms with Crippen molar-refractivity contribution in [3.8, 4) is 5.75 Å². The second-order valence-corrected chi connectivity index (χ2v) is 6.80. The first-order chi connectivity index (χ1) is 9.75. The largest absolute Gasteiger partial charge is 0.508 e. The second-order valence-electron chi connectivity index (χ2n) is 4.91. The van der Waals surface area contributed by atoms with E-state index in [2.05, 4.69) is 43.7 Å². The molecule has 106 valence electrons. The van der Waals surface area contributed by atoms with Gasteiger partial charge >= 0.3 is 0 Å². The Morgan fingerprint density at radius 2 is 2.05 bits per heavy atom. The van der Waals surface area contributed by atoms with Crippen molar-refractivity contribution >= 4 is 27.3 Å². The molecule has 0 amide bonds. The highest BCUT2D eigenvalue weighted by molar-refractivity contribution is 9.10. The molecule has 0 unspecified atom stereocenters. The minimum Gasteiger partial charge on any atom is -0.508 e. The summed E-state index contributed by atoms with van der Waals surface area (Å²) >= 11 is 5.16. The van der Waals surface area contributed by atoms with Crippen molar-refractivity contribution in [3.05, 3.63) is 50.6 Å². The summed E-state index contributed by atoms with van der Waals surface area (Å²) in [7, 11) is 0. The molecule has 0 radical (unpaired) electrons. The van der Waals surface area contributed by atoms with Gasteiger partial charge in [0.2, 0.25) is 0 Å². The van der Waals surface area contributed by atoms with Gasteiger partial charge in [-0.1, -0.05) is 28.1 Å². The Morgan fingerprint density at radius 3 is 2.70 bits per heavy atom. The van der Waals surface area contributed by atoms with Crippen LogP contribution in [0.15, 0.2) is 40.2 Å². The molecule has 1 saturated heterocycles. The number of nitrogens with one attached hydrogen (secondary N) is 1. The number of benzene rings is 1. The molecule has 0 aliphatic carbocycles. The fraction of sp³-hybridized carbons (Fsp3) is 0.333. The van der Waals surface area contributed by atoms with E-state index >= 15 is 0 Å². The average molecular weight is 353 g/mol. The number of piperazine rings is 1. The van der Waals surface area contributed by atoms with Crippen molar-refractivity contribution in [1.29, 1.82) is 0 Å². The molecule has 2 N–H and O–H groups in total. The Bertz CT molecular complexity index is 567. The number of phenols is 1. The molecule has 0 bridgehead atoms. The predicted molar refractivity (Wildman–Crippen MR) is 86.4 cm³/mol. The Kier molecular flexibility index (Phi) is 4.41. The van der Waals surface area contributed by atoms with E-state index in [0.29, 0.717) is 5.75 Å². The van der Waals surface area contributed by atoms with Crippen molar-refractivity contribution in [3.63, 3.8) is 0 Å². The SMILES string of the molecule is Oc1cc(Br)ccc1[C@@H](c1cccs1)N1CCNCC1. The van der Waals surface area contributed by atoms with Crippen molar-refractivity contribution in [1.82, 2.24) is 10.2 Å². The molecule has 0 saturated carbocycles. The van der Waals surface area contributed by atoms with E-state index in [9.17, 15) is 5.11 Å². The molecule has 2 heterocycles. The zero-order chi connectivity index (χ0) is 13.9. The van der Waals surface area contributed by atoms with Crippen LogP contribution in [-0.4, -0.2) is 36.2 Å². The van der Waals surface area contributed by atoms with E-state index in [1.165, 1.54) is 4.88 Å². The highest BCUT2D eigenvalue weighted by Crippen LogP contribution is 2.37. The minimum atomic E-state index is 0.144. The third-order valence-corrected chi connectivity index (χ3v) is 5.03. The third-order valence-electron chi connectivity index (χ3n) is 3.62. The number of phenolic OH excluding ortho intramolecular Hbond substituents is 1. The highest BCUT2D eigenvalue weighted by Gasteiger charge is 2.26. The van der Waals surface area contributed by atoms with Crippen LogP contribution in [0, 0.1) is 0 Å². The number of rotatable bonds is 3. The molecule has 1 fully saturated rings. The van der Waals surface area contributed by atoms with Crippen LogP contribution in [0.5, 0.6) is 5.75 Å². The lowest BCUT2D eigenvalue weighted by atomic mass is 10.0. The molecule has 1 atom stereocenters. The van der Waals surface area contributed by atoms with E-state index in [1.807, 2.05) is 12.1 Å². The summed E-state index contributed by atoms with van der Waals surface area (Å²) in [4.78, 5) is 3.72. The zero-order valence-corrected chi connectivity index (χ0v) is 13.5. The Labute approximate surface area is 131 Å². The van der Waals surface area contributed by atoms with E-state index < -0.39 is 0 Å². The summed E-state index contributed by atoms with van der Waals surface area (Å²) in [6, 6.07) is 10.2. The van der Waals surface area contributed by atoms with Gasteiger partial charge in [0.1, 0.15) is 5.75 Å². The average Bonchev–Trinajstić information content (AvgIpc) is 2.97. The second kappa shape index (κ2) is 6.26. The molecule has 1 aliphatic heterocycles. The molecule has 3 rings (SSSR count). The maximum atomic E-state index is 10.3. The number of hydrogen-bond acceptors (Lipinski definition) is 4. The fourth-order valence-corrected chi connectivity index (χ4v) is 3.89. The van der Waals surface area contributed by atoms with E-state index in [0.717, 1.165) is 36.2 Å². The minimum absolute atomic E-state index is 0.144. The van der Waals surface area contributed by atoms with Crippen LogP contribution in [0.1, 0.15) is 16.5 Å². The molecule has 1 aromatic heterocycles. The van der Waals surface area contributed by atoms with Crippen LogP contribution < -0.4 is 5.32 Å². The number of halogens is 1. The highest BCUT2D eigenvalue weighted by atomic mass is 79.9. The van der Waals surface area contributed by atoms with Crippen LogP contribution in [-0.2, 0) is 0 Å². The summed E-state index contributed by atoms with van der Waals surface area (Å²) in [5, 5.41) is 15.8. The van der Waals surface area contributed by atoms with Gasteiger partial charge in [0, 0.05) is 41.1 Å². The van der Waals surface area contributed by atoms with E-state index in [-0.39, 0.29) is 6.04 Å². The van der Waals surface area contributed by atoms with Gasteiger partial charge in [-0.05, 0) is 23.6 Å². The first-order valence-corrected chi connectivity index (χ1v) is 8.39. The van der Waals surface area contributed by atoms with Crippen molar-refractivity contribution in [2.45, 2.75) is 6.04 Å². The molecular weight excluding hydrogens is 336 g/mol. The van der Waals surface area contributed by atoms with Crippen molar-refractivity contribution < 1.29 is 5.11 Å². The normalized spacial score (nSPS) is 18.1. The summed E-state index contributed by atoms with van der Waals surface area (Å²) in [5.74, 6) is 0.358. The van der Waals surface area contributed by atoms with Gasteiger partial charge in [-0.3, -0.25) is 4.90 Å². The van der Waals surface area contributed by atoms with Gasteiger partial charge < -0.3 is 10.4 Å². The molecule has 5 heteroatoms. The lowest BCUT2D eigenvalue weighted by Crippen LogP contribution is -2.45. The van der Waals surface area contributed by atoms with Crippen molar-refractivity contribution in [2.75, 3.05) is 26.2 Å². The van der Waals surface area contributed by atoms with Gasteiger partial charge in [-0.2, -0.15) is 0 Å². The maximum absolute atomic E-state index is 10.3. The van der Waals surface area contributed by atoms with Gasteiger partial charge in [0.05, 0.1) is 6.04 Å². The van der Waals surface area contributed by atoms with E-state index in [1.54, 1.807) is 17.4 Å². The summed E-state index contributed by atoms with van der Waals surface area (Å²) < 4.78 is 0.906. The number of nitrogens with zero attached hydrogens (tertiary/aromatic N) is 1. The zero-order valence-electron chi connectivity index (χ0n) is 11.1. The molecular formula is C15H17BrN2OS. The Balaban J connectivity index is 2.00. The van der Waals surface area contributed by atoms with Crippen LogP contribution in [0.25, 0.3) is 0 Å². The van der Waals surface area contributed by atoms with Crippen LogP contribution in [0.2, 0.25) is 0 Å². The van der Waals surface area contributed by atoms with Crippen LogP contribution in [0.3, 0.4) is 0 Å².